The normalized spacial score (nSPS) is 18.0. The van der Waals surface area contributed by atoms with E-state index in [1.807, 2.05) is 0 Å². The van der Waals surface area contributed by atoms with Crippen LogP contribution in [0.2, 0.25) is 0 Å². The van der Waals surface area contributed by atoms with Crippen LogP contribution in [0.3, 0.4) is 0 Å². The molecule has 1 saturated carbocycles. The van der Waals surface area contributed by atoms with Gasteiger partial charge in [-0.05, 0) is 43.9 Å². The molecule has 0 aliphatic heterocycles. The summed E-state index contributed by atoms with van der Waals surface area (Å²) in [6.07, 6.45) is 4.12. The molecule has 0 radical (unpaired) electrons. The molecule has 1 atom stereocenters. The lowest BCUT2D eigenvalue weighted by Crippen LogP contribution is -2.30. The number of fused-ring (bicyclic) bond motifs is 1. The summed E-state index contributed by atoms with van der Waals surface area (Å²) >= 11 is 5.22. The van der Waals surface area contributed by atoms with E-state index in [4.69, 9.17) is 0 Å². The number of hydrogen-bond donors (Lipinski definition) is 1. The van der Waals surface area contributed by atoms with Crippen molar-refractivity contribution < 1.29 is 0 Å². The number of rotatable bonds is 3. The van der Waals surface area contributed by atoms with Gasteiger partial charge in [-0.15, -0.1) is 0 Å². The molecule has 1 aromatic heterocycles. The zero-order valence-corrected chi connectivity index (χ0v) is 12.1. The molecular weight excluding hydrogens is 296 g/mol. The second kappa shape index (κ2) is 4.58. The number of aromatic nitrogens is 1. The van der Waals surface area contributed by atoms with E-state index in [2.05, 4.69) is 51.4 Å². The minimum atomic E-state index is 0.549. The van der Waals surface area contributed by atoms with Crippen molar-refractivity contribution in [2.45, 2.75) is 32.2 Å². The van der Waals surface area contributed by atoms with Gasteiger partial charge in [-0.25, -0.2) is 4.98 Å². The predicted octanol–water partition coefficient (Wildman–Crippen LogP) is 4.66. The van der Waals surface area contributed by atoms with E-state index in [-0.39, 0.29) is 0 Å². The van der Waals surface area contributed by atoms with Crippen LogP contribution in [0.5, 0.6) is 0 Å². The molecule has 0 bridgehead atoms. The van der Waals surface area contributed by atoms with Gasteiger partial charge in [0.1, 0.15) is 0 Å². The third kappa shape index (κ3) is 2.33. The lowest BCUT2D eigenvalue weighted by molar-refractivity contribution is 0.285. The molecule has 3 rings (SSSR count). The number of nitrogens with one attached hydrogen (secondary N) is 1. The predicted molar refractivity (Wildman–Crippen MR) is 77.7 cm³/mol. The molecule has 1 heterocycles. The first-order valence-corrected chi connectivity index (χ1v) is 7.66. The first-order valence-electron chi connectivity index (χ1n) is 6.05. The van der Waals surface area contributed by atoms with Crippen molar-refractivity contribution in [3.63, 3.8) is 0 Å². The summed E-state index contributed by atoms with van der Waals surface area (Å²) < 4.78 is 2.34. The Hall–Kier alpha value is -0.610. The van der Waals surface area contributed by atoms with Gasteiger partial charge in [0.25, 0.3) is 0 Å². The molecular formula is C13H15BrN2S. The number of benzene rings is 1. The number of thiazole rings is 1. The van der Waals surface area contributed by atoms with Crippen LogP contribution >= 0.6 is 27.3 Å². The average molecular weight is 311 g/mol. The number of halogens is 1. The first kappa shape index (κ1) is 11.5. The van der Waals surface area contributed by atoms with Crippen LogP contribution in [0.15, 0.2) is 22.7 Å². The Balaban J connectivity index is 1.80. The molecule has 2 nitrogen and oxygen atoms in total. The van der Waals surface area contributed by atoms with Crippen molar-refractivity contribution in [1.29, 1.82) is 0 Å². The molecule has 1 fully saturated rings. The molecule has 0 saturated heterocycles. The van der Waals surface area contributed by atoms with E-state index in [1.54, 1.807) is 11.3 Å². The van der Waals surface area contributed by atoms with Crippen molar-refractivity contribution in [1.82, 2.24) is 4.98 Å². The highest BCUT2D eigenvalue weighted by molar-refractivity contribution is 9.10. The van der Waals surface area contributed by atoms with E-state index < -0.39 is 0 Å². The van der Waals surface area contributed by atoms with Gasteiger partial charge in [0.2, 0.25) is 0 Å². The fraction of sp³-hybridized carbons (Fsp3) is 0.462. The van der Waals surface area contributed by atoms with Crippen molar-refractivity contribution in [3.05, 3.63) is 22.7 Å². The second-order valence-corrected chi connectivity index (χ2v) is 6.70. The maximum Gasteiger partial charge on any atom is 0.184 e. The van der Waals surface area contributed by atoms with Crippen LogP contribution in [0.4, 0.5) is 5.13 Å². The number of anilines is 1. The van der Waals surface area contributed by atoms with Crippen molar-refractivity contribution >= 4 is 42.6 Å². The van der Waals surface area contributed by atoms with Gasteiger partial charge >= 0.3 is 0 Å². The number of nitrogens with zero attached hydrogens (tertiary/aromatic N) is 1. The molecule has 0 amide bonds. The van der Waals surface area contributed by atoms with Crippen LogP contribution in [0, 0.1) is 5.92 Å². The van der Waals surface area contributed by atoms with Gasteiger partial charge in [-0.3, -0.25) is 0 Å². The van der Waals surface area contributed by atoms with E-state index in [0.29, 0.717) is 6.04 Å². The van der Waals surface area contributed by atoms with Gasteiger partial charge in [0, 0.05) is 10.5 Å². The molecule has 1 aliphatic rings. The third-order valence-electron chi connectivity index (χ3n) is 3.56. The lowest BCUT2D eigenvalue weighted by atomic mass is 9.80. The summed E-state index contributed by atoms with van der Waals surface area (Å²) in [5, 5.41) is 4.60. The fourth-order valence-electron chi connectivity index (χ4n) is 2.21. The summed E-state index contributed by atoms with van der Waals surface area (Å²) in [5.41, 5.74) is 1.08. The molecule has 1 aliphatic carbocycles. The highest BCUT2D eigenvalue weighted by atomic mass is 79.9. The maximum absolute atomic E-state index is 4.63. The minimum Gasteiger partial charge on any atom is -0.359 e. The van der Waals surface area contributed by atoms with Gasteiger partial charge in [-0.1, -0.05) is 33.7 Å². The zero-order valence-electron chi connectivity index (χ0n) is 9.74. The standard InChI is InChI=1S/C13H15BrN2S/c1-8(9-3-2-4-9)15-13-16-11-7-10(14)5-6-12(11)17-13/h5-9H,2-4H2,1H3,(H,15,16). The topological polar surface area (TPSA) is 24.9 Å². The Bertz CT molecular complexity index is 533. The van der Waals surface area contributed by atoms with Gasteiger partial charge in [0.05, 0.1) is 10.2 Å². The van der Waals surface area contributed by atoms with Crippen LogP contribution < -0.4 is 5.32 Å². The first-order chi connectivity index (χ1) is 8.22. The van der Waals surface area contributed by atoms with Gasteiger partial charge in [-0.2, -0.15) is 0 Å². The van der Waals surface area contributed by atoms with Crippen molar-refractivity contribution in [2.24, 2.45) is 5.92 Å². The summed E-state index contributed by atoms with van der Waals surface area (Å²) in [5.74, 6) is 0.841. The Labute approximate surface area is 114 Å². The SMILES string of the molecule is CC(Nc1nc2cc(Br)ccc2s1)C1CCC1. The Morgan fingerprint density at radius 2 is 2.29 bits per heavy atom. The smallest absolute Gasteiger partial charge is 0.184 e. The summed E-state index contributed by atoms with van der Waals surface area (Å²) in [6.45, 7) is 2.27. The molecule has 1 N–H and O–H groups in total. The largest absolute Gasteiger partial charge is 0.359 e. The van der Waals surface area contributed by atoms with E-state index >= 15 is 0 Å². The maximum atomic E-state index is 4.63. The lowest BCUT2D eigenvalue weighted by Gasteiger charge is -2.31. The van der Waals surface area contributed by atoms with Crippen LogP contribution in [-0.2, 0) is 0 Å². The Morgan fingerprint density at radius 3 is 3.00 bits per heavy atom. The molecule has 17 heavy (non-hydrogen) atoms. The van der Waals surface area contributed by atoms with E-state index in [9.17, 15) is 0 Å². The number of hydrogen-bond acceptors (Lipinski definition) is 3. The highest BCUT2D eigenvalue weighted by Crippen LogP contribution is 2.33. The molecule has 90 valence electrons. The van der Waals surface area contributed by atoms with Crippen LogP contribution in [0.1, 0.15) is 26.2 Å². The quantitative estimate of drug-likeness (QED) is 0.892. The highest BCUT2D eigenvalue weighted by Gasteiger charge is 2.24. The zero-order chi connectivity index (χ0) is 11.8. The molecule has 4 heteroatoms. The van der Waals surface area contributed by atoms with E-state index in [0.717, 1.165) is 21.0 Å². The Morgan fingerprint density at radius 1 is 1.47 bits per heavy atom. The van der Waals surface area contributed by atoms with Gasteiger partial charge in [0.15, 0.2) is 5.13 Å². The Kier molecular flexibility index (Phi) is 3.09. The average Bonchev–Trinajstić information content (AvgIpc) is 2.55. The summed E-state index contributed by atoms with van der Waals surface area (Å²) in [7, 11) is 0. The van der Waals surface area contributed by atoms with Crippen molar-refractivity contribution in [2.75, 3.05) is 5.32 Å². The van der Waals surface area contributed by atoms with Gasteiger partial charge < -0.3 is 5.32 Å². The third-order valence-corrected chi connectivity index (χ3v) is 5.02. The van der Waals surface area contributed by atoms with Crippen molar-refractivity contribution in [3.8, 4) is 0 Å². The summed E-state index contributed by atoms with van der Waals surface area (Å²) in [6, 6.07) is 6.81. The second-order valence-electron chi connectivity index (χ2n) is 4.76. The van der Waals surface area contributed by atoms with E-state index in [1.165, 1.54) is 24.0 Å². The van der Waals surface area contributed by atoms with Crippen LogP contribution in [-0.4, -0.2) is 11.0 Å². The molecule has 2 aromatic rings. The molecule has 0 spiro atoms. The summed E-state index contributed by atoms with van der Waals surface area (Å²) in [4.78, 5) is 4.63. The molecule has 1 aromatic carbocycles. The van der Waals surface area contributed by atoms with Crippen LogP contribution in [0.25, 0.3) is 10.2 Å². The minimum absolute atomic E-state index is 0.549. The monoisotopic (exact) mass is 310 g/mol. The molecule has 1 unspecified atom stereocenters. The fourth-order valence-corrected chi connectivity index (χ4v) is 3.51.